The minimum Gasteiger partial charge on any atom is -0.385 e. The zero-order valence-electron chi connectivity index (χ0n) is 17.0. The summed E-state index contributed by atoms with van der Waals surface area (Å²) in [4.78, 5) is 12.3. The Morgan fingerprint density at radius 1 is 1.21 bits per heavy atom. The lowest BCUT2D eigenvalue weighted by atomic mass is 10.1. The fourth-order valence-corrected chi connectivity index (χ4v) is 3.53. The Morgan fingerprint density at radius 3 is 2.72 bits per heavy atom. The summed E-state index contributed by atoms with van der Waals surface area (Å²) in [6.45, 7) is 5.08. The molecule has 0 saturated heterocycles. The molecule has 5 nitrogen and oxygen atoms in total. The molecule has 0 saturated carbocycles. The summed E-state index contributed by atoms with van der Waals surface area (Å²) in [7, 11) is 1.62. The maximum absolute atomic E-state index is 12.3. The smallest absolute Gasteiger partial charge is 0.261 e. The minimum absolute atomic E-state index is 0.0978. The van der Waals surface area contributed by atoms with E-state index < -0.39 is 0 Å². The second-order valence-corrected chi connectivity index (χ2v) is 6.93. The summed E-state index contributed by atoms with van der Waals surface area (Å²) >= 11 is 0. The Kier molecular flexibility index (Phi) is 6.48. The fraction of sp³-hybridized carbons (Fsp3) is 0.250. The molecule has 0 bridgehead atoms. The van der Waals surface area contributed by atoms with Crippen molar-refractivity contribution in [3.8, 4) is 11.8 Å². The summed E-state index contributed by atoms with van der Waals surface area (Å²) in [5.74, 6) is -0.362. The van der Waals surface area contributed by atoms with Crippen molar-refractivity contribution in [1.29, 1.82) is 5.26 Å². The summed E-state index contributed by atoms with van der Waals surface area (Å²) in [6, 6.07) is 18.5. The lowest BCUT2D eigenvalue weighted by molar-refractivity contribution is -0.117. The standard InChI is InChI=1S/C24H25N3O2/c1-17-14-20(15-21(16-25)24(28)26-12-7-13-29-3)18(2)27(17)23-11-6-9-19-8-4-5-10-22(19)23/h4-6,8-11,14-15H,7,12-13H2,1-3H3,(H,26,28)/b21-15+. The van der Waals surface area contributed by atoms with E-state index in [1.54, 1.807) is 13.2 Å². The number of amides is 1. The number of ether oxygens (including phenoxy) is 1. The molecule has 3 rings (SSSR count). The molecule has 3 aromatic rings. The van der Waals surface area contributed by atoms with Crippen LogP contribution in [0.1, 0.15) is 23.4 Å². The number of aromatic nitrogens is 1. The molecular formula is C24H25N3O2. The molecule has 0 unspecified atom stereocenters. The zero-order chi connectivity index (χ0) is 20.8. The lowest BCUT2D eigenvalue weighted by Gasteiger charge is -2.13. The lowest BCUT2D eigenvalue weighted by Crippen LogP contribution is -2.26. The maximum atomic E-state index is 12.3. The number of methoxy groups -OCH3 is 1. The van der Waals surface area contributed by atoms with E-state index in [0.29, 0.717) is 19.6 Å². The van der Waals surface area contributed by atoms with Crippen molar-refractivity contribution in [3.63, 3.8) is 0 Å². The second-order valence-electron chi connectivity index (χ2n) is 6.93. The van der Waals surface area contributed by atoms with Crippen molar-refractivity contribution in [3.05, 3.63) is 71.1 Å². The van der Waals surface area contributed by atoms with E-state index >= 15 is 0 Å². The average Bonchev–Trinajstić information content (AvgIpc) is 3.01. The van der Waals surface area contributed by atoms with Crippen LogP contribution in [0.5, 0.6) is 0 Å². The van der Waals surface area contributed by atoms with Crippen LogP contribution < -0.4 is 5.32 Å². The van der Waals surface area contributed by atoms with E-state index in [9.17, 15) is 10.1 Å². The van der Waals surface area contributed by atoms with Crippen LogP contribution in [-0.2, 0) is 9.53 Å². The van der Waals surface area contributed by atoms with E-state index in [2.05, 4.69) is 34.1 Å². The SMILES string of the molecule is COCCCNC(=O)/C(C#N)=C/c1cc(C)n(-c2cccc3ccccc23)c1C. The Labute approximate surface area is 171 Å². The Bertz CT molecular complexity index is 1100. The van der Waals surface area contributed by atoms with Gasteiger partial charge in [0.1, 0.15) is 11.6 Å². The molecular weight excluding hydrogens is 362 g/mol. The second kappa shape index (κ2) is 9.22. The van der Waals surface area contributed by atoms with Crippen LogP contribution in [0.25, 0.3) is 22.5 Å². The highest BCUT2D eigenvalue weighted by atomic mass is 16.5. The molecule has 0 aliphatic rings. The highest BCUT2D eigenvalue weighted by Crippen LogP contribution is 2.28. The number of hydrogen-bond donors (Lipinski definition) is 1. The number of hydrogen-bond acceptors (Lipinski definition) is 3. The first-order valence-corrected chi connectivity index (χ1v) is 9.63. The monoisotopic (exact) mass is 387 g/mol. The predicted octanol–water partition coefficient (Wildman–Crippen LogP) is 4.31. The number of nitrogens with zero attached hydrogens (tertiary/aromatic N) is 2. The van der Waals surface area contributed by atoms with Gasteiger partial charge in [0, 0.05) is 37.0 Å². The van der Waals surface area contributed by atoms with Gasteiger partial charge in [-0.25, -0.2) is 0 Å². The maximum Gasteiger partial charge on any atom is 0.261 e. The molecule has 148 valence electrons. The van der Waals surface area contributed by atoms with Crippen molar-refractivity contribution < 1.29 is 9.53 Å². The van der Waals surface area contributed by atoms with Crippen molar-refractivity contribution in [2.24, 2.45) is 0 Å². The van der Waals surface area contributed by atoms with Crippen molar-refractivity contribution in [2.45, 2.75) is 20.3 Å². The molecule has 0 atom stereocenters. The Hall–Kier alpha value is -3.36. The molecule has 29 heavy (non-hydrogen) atoms. The van der Waals surface area contributed by atoms with Gasteiger partial charge >= 0.3 is 0 Å². The first-order valence-electron chi connectivity index (χ1n) is 9.63. The van der Waals surface area contributed by atoms with Crippen LogP contribution >= 0.6 is 0 Å². The number of benzene rings is 2. The van der Waals surface area contributed by atoms with Crippen LogP contribution in [0.2, 0.25) is 0 Å². The van der Waals surface area contributed by atoms with Crippen LogP contribution in [-0.4, -0.2) is 30.7 Å². The average molecular weight is 387 g/mol. The van der Waals surface area contributed by atoms with Gasteiger partial charge in [0.25, 0.3) is 5.91 Å². The molecule has 1 N–H and O–H groups in total. The quantitative estimate of drug-likeness (QED) is 0.373. The van der Waals surface area contributed by atoms with Crippen LogP contribution in [0.3, 0.4) is 0 Å². The molecule has 0 radical (unpaired) electrons. The number of rotatable bonds is 7. The number of nitriles is 1. The van der Waals surface area contributed by atoms with Gasteiger partial charge in [-0.15, -0.1) is 0 Å². The summed E-state index contributed by atoms with van der Waals surface area (Å²) in [6.07, 6.45) is 2.37. The molecule has 0 fully saturated rings. The van der Waals surface area contributed by atoms with Crippen molar-refractivity contribution >= 4 is 22.8 Å². The van der Waals surface area contributed by atoms with Gasteiger partial charge in [0.2, 0.25) is 0 Å². The van der Waals surface area contributed by atoms with Gasteiger partial charge < -0.3 is 14.6 Å². The van der Waals surface area contributed by atoms with E-state index in [1.165, 1.54) is 5.39 Å². The molecule has 0 aliphatic heterocycles. The number of fused-ring (bicyclic) bond motifs is 1. The predicted molar refractivity (Wildman–Crippen MR) is 116 cm³/mol. The number of carbonyl (C=O) groups excluding carboxylic acids is 1. The minimum atomic E-state index is -0.362. The summed E-state index contributed by atoms with van der Waals surface area (Å²) in [5.41, 5.74) is 4.07. The first kappa shape index (κ1) is 20.4. The summed E-state index contributed by atoms with van der Waals surface area (Å²) < 4.78 is 7.14. The molecule has 1 aromatic heterocycles. The Balaban J connectivity index is 1.96. The molecule has 0 aliphatic carbocycles. The van der Waals surface area contributed by atoms with E-state index in [-0.39, 0.29) is 11.5 Å². The topological polar surface area (TPSA) is 67.0 Å². The third-order valence-electron chi connectivity index (χ3n) is 4.95. The first-order chi connectivity index (χ1) is 14.1. The third kappa shape index (κ3) is 4.39. The van der Waals surface area contributed by atoms with Crippen molar-refractivity contribution in [1.82, 2.24) is 9.88 Å². The van der Waals surface area contributed by atoms with Gasteiger partial charge in [-0.05, 0) is 49.4 Å². The summed E-state index contributed by atoms with van der Waals surface area (Å²) in [5, 5.41) is 14.6. The van der Waals surface area contributed by atoms with Gasteiger partial charge in [0.05, 0.1) is 5.69 Å². The van der Waals surface area contributed by atoms with Crippen molar-refractivity contribution in [2.75, 3.05) is 20.3 Å². The zero-order valence-corrected chi connectivity index (χ0v) is 17.0. The molecule has 5 heteroatoms. The van der Waals surface area contributed by atoms with Gasteiger partial charge in [-0.1, -0.05) is 36.4 Å². The molecule has 1 amide bonds. The van der Waals surface area contributed by atoms with Gasteiger partial charge in [-0.3, -0.25) is 4.79 Å². The fourth-order valence-electron chi connectivity index (χ4n) is 3.53. The highest BCUT2D eigenvalue weighted by Gasteiger charge is 2.14. The van der Waals surface area contributed by atoms with E-state index in [0.717, 1.165) is 28.0 Å². The number of nitrogens with one attached hydrogen (secondary N) is 1. The molecule has 0 spiro atoms. The van der Waals surface area contributed by atoms with E-state index in [4.69, 9.17) is 4.74 Å². The van der Waals surface area contributed by atoms with Gasteiger partial charge in [-0.2, -0.15) is 5.26 Å². The van der Waals surface area contributed by atoms with Crippen LogP contribution in [0.15, 0.2) is 54.1 Å². The van der Waals surface area contributed by atoms with Crippen LogP contribution in [0.4, 0.5) is 0 Å². The number of aryl methyl sites for hydroxylation is 1. The van der Waals surface area contributed by atoms with Crippen LogP contribution in [0, 0.1) is 25.2 Å². The molecule has 1 heterocycles. The van der Waals surface area contributed by atoms with E-state index in [1.807, 2.05) is 44.2 Å². The van der Waals surface area contributed by atoms with Gasteiger partial charge in [0.15, 0.2) is 0 Å². The normalized spacial score (nSPS) is 11.4. The highest BCUT2D eigenvalue weighted by molar-refractivity contribution is 6.02. The third-order valence-corrected chi connectivity index (χ3v) is 4.95. The Morgan fingerprint density at radius 2 is 1.97 bits per heavy atom. The largest absolute Gasteiger partial charge is 0.385 e. The molecule has 2 aromatic carbocycles. The number of carbonyl (C=O) groups is 1.